The molecule has 2 rings (SSSR count). The zero-order valence-electron chi connectivity index (χ0n) is 12.1. The Labute approximate surface area is 124 Å². The third-order valence-electron chi connectivity index (χ3n) is 3.26. The van der Waals surface area contributed by atoms with Crippen LogP contribution < -0.4 is 16.4 Å². The molecule has 0 radical (unpaired) electrons. The molecule has 0 saturated carbocycles. The van der Waals surface area contributed by atoms with Gasteiger partial charge in [-0.25, -0.2) is 0 Å². The summed E-state index contributed by atoms with van der Waals surface area (Å²) in [6, 6.07) is 2.50. The van der Waals surface area contributed by atoms with Gasteiger partial charge in [0, 0.05) is 24.2 Å². The summed E-state index contributed by atoms with van der Waals surface area (Å²) in [5, 5.41) is 23.3. The minimum absolute atomic E-state index is 0.132. The predicted octanol–water partition coefficient (Wildman–Crippen LogP) is -0.0149. The predicted molar refractivity (Wildman–Crippen MR) is 79.8 cm³/mol. The molecule has 0 spiro atoms. The monoisotopic (exact) mass is 308 g/mol. The van der Waals surface area contributed by atoms with Crippen LogP contribution in [-0.2, 0) is 6.54 Å². The Morgan fingerprint density at radius 1 is 1.27 bits per heavy atom. The van der Waals surface area contributed by atoms with Crippen molar-refractivity contribution in [2.45, 2.75) is 25.9 Å². The molecule has 2 aromatic rings. The number of aliphatic hydroxyl groups is 1. The molecule has 0 saturated heterocycles. The van der Waals surface area contributed by atoms with Crippen molar-refractivity contribution in [3.05, 3.63) is 48.5 Å². The fourth-order valence-corrected chi connectivity index (χ4v) is 1.92. The van der Waals surface area contributed by atoms with E-state index in [0.29, 0.717) is 11.1 Å². The molecule has 0 aliphatic heterocycles. The number of hydrogen-bond donors (Lipinski definition) is 4. The molecule has 1 heterocycles. The molecule has 0 aliphatic rings. The first-order valence-corrected chi connectivity index (χ1v) is 6.53. The van der Waals surface area contributed by atoms with Gasteiger partial charge in [0.1, 0.15) is 0 Å². The SMILES string of the molecule is CC(C)(CO)NCc1cc([N+](=O)[O-])cc2[nH]c(=O)c(=O)[nH]c12. The minimum Gasteiger partial charge on any atom is -0.394 e. The van der Waals surface area contributed by atoms with E-state index in [4.69, 9.17) is 0 Å². The van der Waals surface area contributed by atoms with E-state index >= 15 is 0 Å². The summed E-state index contributed by atoms with van der Waals surface area (Å²) in [4.78, 5) is 38.0. The maximum absolute atomic E-state index is 11.5. The number of H-pyrrole nitrogens is 2. The lowest BCUT2D eigenvalue weighted by Gasteiger charge is -2.23. The van der Waals surface area contributed by atoms with Gasteiger partial charge in [0.05, 0.1) is 22.6 Å². The van der Waals surface area contributed by atoms with Gasteiger partial charge in [-0.15, -0.1) is 0 Å². The van der Waals surface area contributed by atoms with Crippen LogP contribution in [0.5, 0.6) is 0 Å². The van der Waals surface area contributed by atoms with Crippen molar-refractivity contribution in [3.8, 4) is 0 Å². The molecular formula is C13H16N4O5. The van der Waals surface area contributed by atoms with E-state index < -0.39 is 21.6 Å². The van der Waals surface area contributed by atoms with Gasteiger partial charge >= 0.3 is 11.1 Å². The van der Waals surface area contributed by atoms with Gasteiger partial charge in [-0.3, -0.25) is 19.7 Å². The standard InChI is InChI=1S/C13H16N4O5/c1-13(2,6-18)14-5-7-3-8(17(21)22)4-9-10(7)16-12(20)11(19)15-9/h3-4,14,18H,5-6H2,1-2H3,(H,15,19)(H,16,20). The number of nitrogens with zero attached hydrogens (tertiary/aromatic N) is 1. The zero-order valence-corrected chi connectivity index (χ0v) is 12.1. The van der Waals surface area contributed by atoms with Crippen LogP contribution in [0.4, 0.5) is 5.69 Å². The highest BCUT2D eigenvalue weighted by Gasteiger charge is 2.18. The Kier molecular flexibility index (Phi) is 4.11. The fourth-order valence-electron chi connectivity index (χ4n) is 1.92. The first kappa shape index (κ1) is 15.9. The van der Waals surface area contributed by atoms with Gasteiger partial charge in [-0.2, -0.15) is 0 Å². The maximum atomic E-state index is 11.5. The molecule has 22 heavy (non-hydrogen) atoms. The largest absolute Gasteiger partial charge is 0.394 e. The topological polar surface area (TPSA) is 141 Å². The Balaban J connectivity index is 2.59. The van der Waals surface area contributed by atoms with Crippen molar-refractivity contribution in [2.24, 2.45) is 0 Å². The molecule has 118 valence electrons. The molecule has 0 amide bonds. The lowest BCUT2D eigenvalue weighted by molar-refractivity contribution is -0.384. The summed E-state index contributed by atoms with van der Waals surface area (Å²) in [6.45, 7) is 3.56. The average Bonchev–Trinajstić information content (AvgIpc) is 2.46. The van der Waals surface area contributed by atoms with E-state index in [0.717, 1.165) is 0 Å². The van der Waals surface area contributed by atoms with Crippen molar-refractivity contribution in [3.63, 3.8) is 0 Å². The maximum Gasteiger partial charge on any atom is 0.314 e. The van der Waals surface area contributed by atoms with Crippen LogP contribution in [0.3, 0.4) is 0 Å². The van der Waals surface area contributed by atoms with Crippen LogP contribution >= 0.6 is 0 Å². The first-order chi connectivity index (χ1) is 10.2. The minimum atomic E-state index is -0.873. The van der Waals surface area contributed by atoms with Crippen molar-refractivity contribution in [1.29, 1.82) is 0 Å². The van der Waals surface area contributed by atoms with E-state index in [9.17, 15) is 24.8 Å². The van der Waals surface area contributed by atoms with E-state index in [-0.39, 0.29) is 24.4 Å². The summed E-state index contributed by atoms with van der Waals surface area (Å²) < 4.78 is 0. The summed E-state index contributed by atoms with van der Waals surface area (Å²) in [5.41, 5.74) is -1.56. The Hall–Kier alpha value is -2.52. The molecular weight excluding hydrogens is 292 g/mol. The summed E-state index contributed by atoms with van der Waals surface area (Å²) >= 11 is 0. The Morgan fingerprint density at radius 3 is 2.50 bits per heavy atom. The number of non-ortho nitro benzene ring substituents is 1. The molecule has 9 heteroatoms. The molecule has 0 aliphatic carbocycles. The number of aromatic nitrogens is 2. The Morgan fingerprint density at radius 2 is 1.91 bits per heavy atom. The highest BCUT2D eigenvalue weighted by molar-refractivity contribution is 5.80. The lowest BCUT2D eigenvalue weighted by Crippen LogP contribution is -2.42. The molecule has 1 aromatic heterocycles. The van der Waals surface area contributed by atoms with Crippen molar-refractivity contribution in [2.75, 3.05) is 6.61 Å². The average molecular weight is 308 g/mol. The van der Waals surface area contributed by atoms with Crippen molar-refractivity contribution in [1.82, 2.24) is 15.3 Å². The van der Waals surface area contributed by atoms with Gasteiger partial charge < -0.3 is 20.4 Å². The van der Waals surface area contributed by atoms with Crippen LogP contribution in [0.1, 0.15) is 19.4 Å². The summed E-state index contributed by atoms with van der Waals surface area (Å²) in [6.07, 6.45) is 0. The number of nitrogens with one attached hydrogen (secondary N) is 3. The second-order valence-electron chi connectivity index (χ2n) is 5.59. The number of aromatic amines is 2. The van der Waals surface area contributed by atoms with Gasteiger partial charge in [0.2, 0.25) is 0 Å². The molecule has 4 N–H and O–H groups in total. The lowest BCUT2D eigenvalue weighted by atomic mass is 10.1. The number of hydrogen-bond acceptors (Lipinski definition) is 6. The van der Waals surface area contributed by atoms with Gasteiger partial charge in [0.25, 0.3) is 5.69 Å². The number of aliphatic hydroxyl groups excluding tert-OH is 1. The highest BCUT2D eigenvalue weighted by Crippen LogP contribution is 2.21. The van der Waals surface area contributed by atoms with Crippen LogP contribution in [0, 0.1) is 10.1 Å². The van der Waals surface area contributed by atoms with Crippen LogP contribution in [0.2, 0.25) is 0 Å². The molecule has 0 atom stereocenters. The zero-order chi connectivity index (χ0) is 16.5. The van der Waals surface area contributed by atoms with Gasteiger partial charge in [0.15, 0.2) is 0 Å². The fraction of sp³-hybridized carbons (Fsp3) is 0.385. The second-order valence-corrected chi connectivity index (χ2v) is 5.59. The number of fused-ring (bicyclic) bond motifs is 1. The van der Waals surface area contributed by atoms with Gasteiger partial charge in [-0.05, 0) is 19.4 Å². The highest BCUT2D eigenvalue weighted by atomic mass is 16.6. The molecule has 0 unspecified atom stereocenters. The first-order valence-electron chi connectivity index (χ1n) is 6.53. The third-order valence-corrected chi connectivity index (χ3v) is 3.26. The molecule has 0 bridgehead atoms. The van der Waals surface area contributed by atoms with Crippen LogP contribution in [0.15, 0.2) is 21.7 Å². The van der Waals surface area contributed by atoms with E-state index in [1.165, 1.54) is 12.1 Å². The molecule has 9 nitrogen and oxygen atoms in total. The summed E-state index contributed by atoms with van der Waals surface area (Å²) in [7, 11) is 0. The number of rotatable bonds is 5. The van der Waals surface area contributed by atoms with E-state index in [2.05, 4.69) is 15.3 Å². The number of nitro benzene ring substituents is 1. The normalized spacial score (nSPS) is 11.8. The Bertz CT molecular complexity index is 836. The second kappa shape index (κ2) is 5.70. The van der Waals surface area contributed by atoms with Crippen molar-refractivity contribution < 1.29 is 10.0 Å². The van der Waals surface area contributed by atoms with E-state index in [1.807, 2.05) is 0 Å². The summed E-state index contributed by atoms with van der Waals surface area (Å²) in [5.74, 6) is 0. The number of nitro groups is 1. The molecule has 0 fully saturated rings. The van der Waals surface area contributed by atoms with Crippen molar-refractivity contribution >= 4 is 16.7 Å². The van der Waals surface area contributed by atoms with Crippen LogP contribution in [-0.4, -0.2) is 32.1 Å². The molecule has 1 aromatic carbocycles. The number of benzene rings is 1. The van der Waals surface area contributed by atoms with Crippen LogP contribution in [0.25, 0.3) is 11.0 Å². The quantitative estimate of drug-likeness (QED) is 0.347. The smallest absolute Gasteiger partial charge is 0.314 e. The van der Waals surface area contributed by atoms with Gasteiger partial charge in [-0.1, -0.05) is 0 Å². The third kappa shape index (κ3) is 3.21. The van der Waals surface area contributed by atoms with E-state index in [1.54, 1.807) is 13.8 Å².